The molecule has 1 rings (SSSR count). The van der Waals surface area contributed by atoms with Gasteiger partial charge in [-0.1, -0.05) is 15.9 Å². The molecule has 0 radical (unpaired) electrons. The molecular formula is C9H8BrNO. The first-order valence-corrected chi connectivity index (χ1v) is 4.29. The van der Waals surface area contributed by atoms with E-state index in [1.54, 1.807) is 6.08 Å². The van der Waals surface area contributed by atoms with Crippen LogP contribution in [0.25, 0.3) is 0 Å². The van der Waals surface area contributed by atoms with Gasteiger partial charge in [0.05, 0.1) is 5.69 Å². The first kappa shape index (κ1) is 9.17. The average molecular weight is 226 g/mol. The molecule has 0 N–H and O–H groups in total. The van der Waals surface area contributed by atoms with Gasteiger partial charge in [0.25, 0.3) is 0 Å². The lowest BCUT2D eigenvalue weighted by atomic mass is 10.1. The quantitative estimate of drug-likeness (QED) is 0.534. The summed E-state index contributed by atoms with van der Waals surface area (Å²) in [5.74, 6) is 0. The van der Waals surface area contributed by atoms with E-state index in [0.717, 1.165) is 15.6 Å². The van der Waals surface area contributed by atoms with Gasteiger partial charge in [0.15, 0.2) is 0 Å². The van der Waals surface area contributed by atoms with Gasteiger partial charge in [-0.3, -0.25) is 0 Å². The molecule has 0 aliphatic rings. The zero-order chi connectivity index (χ0) is 9.14. The van der Waals surface area contributed by atoms with Gasteiger partial charge in [-0.05, 0) is 37.1 Å². The number of halogens is 1. The van der Waals surface area contributed by atoms with Crippen LogP contribution in [0.1, 0.15) is 11.1 Å². The van der Waals surface area contributed by atoms with E-state index in [2.05, 4.69) is 20.9 Å². The summed E-state index contributed by atoms with van der Waals surface area (Å²) in [5, 5.41) is 0. The third-order valence-electron chi connectivity index (χ3n) is 1.61. The summed E-state index contributed by atoms with van der Waals surface area (Å²) in [4.78, 5) is 13.7. The van der Waals surface area contributed by atoms with E-state index in [1.807, 2.05) is 26.0 Å². The lowest BCUT2D eigenvalue weighted by molar-refractivity contribution is 0.565. The molecule has 0 amide bonds. The number of rotatable bonds is 1. The molecule has 0 heterocycles. The second-order valence-electron chi connectivity index (χ2n) is 2.59. The van der Waals surface area contributed by atoms with Crippen LogP contribution in [0.3, 0.4) is 0 Å². The van der Waals surface area contributed by atoms with Crippen molar-refractivity contribution in [1.29, 1.82) is 0 Å². The van der Waals surface area contributed by atoms with Gasteiger partial charge in [0.2, 0.25) is 6.08 Å². The summed E-state index contributed by atoms with van der Waals surface area (Å²) in [6.07, 6.45) is 1.54. The molecule has 0 saturated heterocycles. The Hall–Kier alpha value is -0.920. The molecule has 0 bridgehead atoms. The number of aryl methyl sites for hydroxylation is 2. The van der Waals surface area contributed by atoms with E-state index in [-0.39, 0.29) is 0 Å². The summed E-state index contributed by atoms with van der Waals surface area (Å²) in [7, 11) is 0. The van der Waals surface area contributed by atoms with E-state index < -0.39 is 0 Å². The highest BCUT2D eigenvalue weighted by Gasteiger charge is 2.01. The van der Waals surface area contributed by atoms with Crippen molar-refractivity contribution < 1.29 is 4.79 Å². The van der Waals surface area contributed by atoms with Crippen molar-refractivity contribution in [3.8, 4) is 0 Å². The van der Waals surface area contributed by atoms with Crippen LogP contribution in [0, 0.1) is 13.8 Å². The lowest BCUT2D eigenvalue weighted by Gasteiger charge is -2.02. The number of hydrogen-bond acceptors (Lipinski definition) is 2. The molecule has 12 heavy (non-hydrogen) atoms. The van der Waals surface area contributed by atoms with Crippen molar-refractivity contribution in [2.75, 3.05) is 0 Å². The number of benzene rings is 1. The van der Waals surface area contributed by atoms with Crippen molar-refractivity contribution in [2.24, 2.45) is 4.99 Å². The number of nitrogens with zero attached hydrogens (tertiary/aromatic N) is 1. The highest BCUT2D eigenvalue weighted by atomic mass is 79.9. The van der Waals surface area contributed by atoms with E-state index in [0.29, 0.717) is 5.69 Å². The van der Waals surface area contributed by atoms with E-state index in [1.165, 1.54) is 0 Å². The van der Waals surface area contributed by atoms with E-state index in [9.17, 15) is 4.79 Å². The molecule has 0 saturated carbocycles. The van der Waals surface area contributed by atoms with Crippen LogP contribution in [-0.2, 0) is 4.79 Å². The molecule has 0 fully saturated rings. The minimum atomic E-state index is 0.716. The Morgan fingerprint density at radius 1 is 1.33 bits per heavy atom. The Balaban J connectivity index is 3.37. The second kappa shape index (κ2) is 3.65. The third-order valence-corrected chi connectivity index (χ3v) is 2.07. The topological polar surface area (TPSA) is 29.4 Å². The summed E-state index contributed by atoms with van der Waals surface area (Å²) >= 11 is 3.36. The zero-order valence-electron chi connectivity index (χ0n) is 6.89. The van der Waals surface area contributed by atoms with Crippen LogP contribution in [-0.4, -0.2) is 6.08 Å². The first-order valence-electron chi connectivity index (χ1n) is 3.50. The van der Waals surface area contributed by atoms with Gasteiger partial charge in [0, 0.05) is 4.47 Å². The van der Waals surface area contributed by atoms with Gasteiger partial charge in [-0.25, -0.2) is 4.79 Å². The van der Waals surface area contributed by atoms with Crippen LogP contribution in [0.2, 0.25) is 0 Å². The predicted molar refractivity (Wildman–Crippen MR) is 51.4 cm³/mol. The standard InChI is InChI=1S/C9H8BrNO/c1-6-3-8(10)4-7(2)9(6)11-5-12/h3-4H,1-2H3. The zero-order valence-corrected chi connectivity index (χ0v) is 8.47. The minimum absolute atomic E-state index is 0.716. The summed E-state index contributed by atoms with van der Waals surface area (Å²) in [6.45, 7) is 3.82. The monoisotopic (exact) mass is 225 g/mol. The first-order chi connectivity index (χ1) is 5.65. The normalized spacial score (nSPS) is 9.25. The molecule has 0 aliphatic heterocycles. The van der Waals surface area contributed by atoms with E-state index >= 15 is 0 Å². The number of hydrogen-bond donors (Lipinski definition) is 0. The fourth-order valence-electron chi connectivity index (χ4n) is 1.13. The molecule has 3 heteroatoms. The average Bonchev–Trinajstić information content (AvgIpc) is 1.96. The maximum Gasteiger partial charge on any atom is 0.240 e. The molecule has 0 atom stereocenters. The van der Waals surface area contributed by atoms with Crippen molar-refractivity contribution in [3.63, 3.8) is 0 Å². The molecule has 1 aromatic rings. The lowest BCUT2D eigenvalue weighted by Crippen LogP contribution is -1.80. The highest BCUT2D eigenvalue weighted by molar-refractivity contribution is 9.10. The van der Waals surface area contributed by atoms with Gasteiger partial charge in [0.1, 0.15) is 0 Å². The van der Waals surface area contributed by atoms with Crippen molar-refractivity contribution in [2.45, 2.75) is 13.8 Å². The van der Waals surface area contributed by atoms with Crippen LogP contribution >= 0.6 is 15.9 Å². The number of carbonyl (C=O) groups excluding carboxylic acids is 1. The number of isocyanates is 1. The van der Waals surface area contributed by atoms with Crippen LogP contribution in [0.5, 0.6) is 0 Å². The van der Waals surface area contributed by atoms with Gasteiger partial charge < -0.3 is 0 Å². The Kier molecular flexibility index (Phi) is 2.79. The maximum atomic E-state index is 10.1. The van der Waals surface area contributed by atoms with Crippen molar-refractivity contribution in [3.05, 3.63) is 27.7 Å². The number of aliphatic imine (C=N–C) groups is 1. The smallest absolute Gasteiger partial charge is 0.211 e. The summed E-state index contributed by atoms with van der Waals surface area (Å²) < 4.78 is 1.00. The highest BCUT2D eigenvalue weighted by Crippen LogP contribution is 2.26. The molecule has 0 aromatic heterocycles. The molecule has 0 aliphatic carbocycles. The fraction of sp³-hybridized carbons (Fsp3) is 0.222. The van der Waals surface area contributed by atoms with Crippen LogP contribution < -0.4 is 0 Å². The van der Waals surface area contributed by atoms with Crippen LogP contribution in [0.4, 0.5) is 5.69 Å². The summed E-state index contributed by atoms with van der Waals surface area (Å²) in [5.41, 5.74) is 2.67. The maximum absolute atomic E-state index is 10.1. The second-order valence-corrected chi connectivity index (χ2v) is 3.51. The molecule has 2 nitrogen and oxygen atoms in total. The summed E-state index contributed by atoms with van der Waals surface area (Å²) in [6, 6.07) is 3.84. The predicted octanol–water partition coefficient (Wildman–Crippen LogP) is 3.03. The SMILES string of the molecule is Cc1cc(Br)cc(C)c1N=C=O. The van der Waals surface area contributed by atoms with Gasteiger partial charge in [-0.15, -0.1) is 0 Å². The Morgan fingerprint density at radius 3 is 2.25 bits per heavy atom. The molecule has 0 spiro atoms. The van der Waals surface area contributed by atoms with Crippen molar-refractivity contribution in [1.82, 2.24) is 0 Å². The molecule has 62 valence electrons. The Bertz CT molecular complexity index is 331. The third kappa shape index (κ3) is 1.81. The Labute approximate surface area is 79.5 Å². The Morgan fingerprint density at radius 2 is 1.83 bits per heavy atom. The fourth-order valence-corrected chi connectivity index (χ4v) is 1.81. The van der Waals surface area contributed by atoms with Crippen molar-refractivity contribution >= 4 is 27.7 Å². The van der Waals surface area contributed by atoms with Crippen LogP contribution in [0.15, 0.2) is 21.6 Å². The minimum Gasteiger partial charge on any atom is -0.211 e. The van der Waals surface area contributed by atoms with E-state index in [4.69, 9.17) is 0 Å². The van der Waals surface area contributed by atoms with Gasteiger partial charge >= 0.3 is 0 Å². The largest absolute Gasteiger partial charge is 0.240 e. The molecule has 0 unspecified atom stereocenters. The van der Waals surface area contributed by atoms with Gasteiger partial charge in [-0.2, -0.15) is 4.99 Å². The molecular weight excluding hydrogens is 218 g/mol. The molecule has 1 aromatic carbocycles.